The van der Waals surface area contributed by atoms with Gasteiger partial charge in [-0.15, -0.1) is 10.2 Å². The summed E-state index contributed by atoms with van der Waals surface area (Å²) in [7, 11) is 0. The van der Waals surface area contributed by atoms with Gasteiger partial charge in [-0.05, 0) is 12.8 Å². The fourth-order valence-electron chi connectivity index (χ4n) is 1.69. The second-order valence-electron chi connectivity index (χ2n) is 4.57. The van der Waals surface area contributed by atoms with E-state index in [9.17, 15) is 0 Å². The Bertz CT molecular complexity index is 382. The smallest absolute Gasteiger partial charge is 0.205 e. The minimum Gasteiger partial charge on any atom is -0.360 e. The third-order valence-electron chi connectivity index (χ3n) is 2.32. The molecule has 0 aliphatic carbocycles. The van der Waals surface area contributed by atoms with Crippen LogP contribution in [0.5, 0.6) is 0 Å². The number of aromatic nitrogens is 2. The Labute approximate surface area is 113 Å². The van der Waals surface area contributed by atoms with Gasteiger partial charge < -0.3 is 5.32 Å². The highest BCUT2D eigenvalue weighted by molar-refractivity contribution is 7.15. The molecule has 0 amide bonds. The van der Waals surface area contributed by atoms with Crippen LogP contribution in [0.25, 0.3) is 0 Å². The summed E-state index contributed by atoms with van der Waals surface area (Å²) >= 11 is 1.59. The Morgan fingerprint density at radius 2 is 2.22 bits per heavy atom. The quantitative estimate of drug-likeness (QED) is 0.783. The fraction of sp³-hybridized carbons (Fsp3) is 0.750. The normalized spacial score (nSPS) is 10.9. The standard InChI is InChI=1S/C12H21N5S/c1-4-14-12-16-15-11(18-12)9-17(7-5-6-13)8-10(2)3/h10H,4-5,7-9H2,1-3H3,(H,14,16). The van der Waals surface area contributed by atoms with Crippen molar-refractivity contribution in [1.82, 2.24) is 15.1 Å². The number of rotatable bonds is 8. The van der Waals surface area contributed by atoms with Gasteiger partial charge in [0.05, 0.1) is 12.6 Å². The minimum atomic E-state index is 0.561. The molecule has 1 rings (SSSR count). The predicted molar refractivity (Wildman–Crippen MR) is 74.4 cm³/mol. The molecule has 0 saturated heterocycles. The lowest BCUT2D eigenvalue weighted by molar-refractivity contribution is 0.240. The highest BCUT2D eigenvalue weighted by atomic mass is 32.1. The molecule has 0 aliphatic rings. The van der Waals surface area contributed by atoms with Crippen LogP contribution >= 0.6 is 11.3 Å². The number of hydrogen-bond donors (Lipinski definition) is 1. The molecule has 1 aromatic rings. The first-order chi connectivity index (χ1) is 8.65. The molecule has 0 spiro atoms. The van der Waals surface area contributed by atoms with Crippen molar-refractivity contribution < 1.29 is 0 Å². The van der Waals surface area contributed by atoms with Gasteiger partial charge in [0.15, 0.2) is 0 Å². The Balaban J connectivity index is 2.54. The third-order valence-corrected chi connectivity index (χ3v) is 3.18. The molecule has 0 saturated carbocycles. The van der Waals surface area contributed by atoms with Crippen LogP contribution in [0.1, 0.15) is 32.2 Å². The van der Waals surface area contributed by atoms with Crippen molar-refractivity contribution in [3.05, 3.63) is 5.01 Å². The Hall–Kier alpha value is -1.19. The van der Waals surface area contributed by atoms with Gasteiger partial charge in [-0.2, -0.15) is 5.26 Å². The van der Waals surface area contributed by atoms with E-state index in [0.717, 1.165) is 36.3 Å². The van der Waals surface area contributed by atoms with Crippen LogP contribution in [0.2, 0.25) is 0 Å². The average Bonchev–Trinajstić information content (AvgIpc) is 2.73. The summed E-state index contributed by atoms with van der Waals surface area (Å²) in [4.78, 5) is 2.27. The number of nitrogens with zero attached hydrogens (tertiary/aromatic N) is 4. The Kier molecular flexibility index (Phi) is 6.61. The second kappa shape index (κ2) is 8.01. The van der Waals surface area contributed by atoms with E-state index >= 15 is 0 Å². The van der Waals surface area contributed by atoms with Gasteiger partial charge in [-0.1, -0.05) is 25.2 Å². The topological polar surface area (TPSA) is 64.8 Å². The molecule has 1 N–H and O–H groups in total. The van der Waals surface area contributed by atoms with E-state index in [4.69, 9.17) is 5.26 Å². The van der Waals surface area contributed by atoms with Gasteiger partial charge in [0.2, 0.25) is 5.13 Å². The van der Waals surface area contributed by atoms with Crippen LogP contribution in [-0.2, 0) is 6.54 Å². The summed E-state index contributed by atoms with van der Waals surface area (Å²) in [6.07, 6.45) is 0.561. The molecule has 0 atom stereocenters. The van der Waals surface area contributed by atoms with Gasteiger partial charge in [0, 0.05) is 26.1 Å². The van der Waals surface area contributed by atoms with Crippen molar-refractivity contribution in [1.29, 1.82) is 5.26 Å². The predicted octanol–water partition coefficient (Wildman–Crippen LogP) is 2.34. The van der Waals surface area contributed by atoms with Crippen LogP contribution < -0.4 is 5.32 Å². The SMILES string of the molecule is CCNc1nnc(CN(CCC#N)CC(C)C)s1. The van der Waals surface area contributed by atoms with E-state index in [0.29, 0.717) is 12.3 Å². The monoisotopic (exact) mass is 267 g/mol. The van der Waals surface area contributed by atoms with E-state index in [-0.39, 0.29) is 0 Å². The highest BCUT2D eigenvalue weighted by Crippen LogP contribution is 2.17. The van der Waals surface area contributed by atoms with Crippen molar-refractivity contribution in [2.45, 2.75) is 33.7 Å². The van der Waals surface area contributed by atoms with Crippen molar-refractivity contribution in [3.8, 4) is 6.07 Å². The van der Waals surface area contributed by atoms with Crippen molar-refractivity contribution in [2.75, 3.05) is 25.0 Å². The maximum atomic E-state index is 8.68. The van der Waals surface area contributed by atoms with E-state index in [1.54, 1.807) is 11.3 Å². The summed E-state index contributed by atoms with van der Waals surface area (Å²) < 4.78 is 0. The molecule has 0 radical (unpaired) electrons. The van der Waals surface area contributed by atoms with Crippen LogP contribution in [0.4, 0.5) is 5.13 Å². The van der Waals surface area contributed by atoms with Crippen molar-refractivity contribution in [2.24, 2.45) is 5.92 Å². The van der Waals surface area contributed by atoms with Crippen LogP contribution in [-0.4, -0.2) is 34.7 Å². The summed E-state index contributed by atoms with van der Waals surface area (Å²) in [5, 5.41) is 22.0. The summed E-state index contributed by atoms with van der Waals surface area (Å²) in [5.41, 5.74) is 0. The summed E-state index contributed by atoms with van der Waals surface area (Å²) in [6, 6.07) is 2.20. The highest BCUT2D eigenvalue weighted by Gasteiger charge is 2.11. The number of nitriles is 1. The van der Waals surface area contributed by atoms with Crippen LogP contribution in [0.3, 0.4) is 0 Å². The molecule has 100 valence electrons. The van der Waals surface area contributed by atoms with Gasteiger partial charge in [0.25, 0.3) is 0 Å². The van der Waals surface area contributed by atoms with Gasteiger partial charge in [-0.25, -0.2) is 0 Å². The molecule has 1 heterocycles. The minimum absolute atomic E-state index is 0.561. The molecule has 0 unspecified atom stereocenters. The number of anilines is 1. The van der Waals surface area contributed by atoms with Crippen LogP contribution in [0.15, 0.2) is 0 Å². The zero-order valence-corrected chi connectivity index (χ0v) is 12.1. The van der Waals surface area contributed by atoms with Crippen molar-refractivity contribution in [3.63, 3.8) is 0 Å². The number of hydrogen-bond acceptors (Lipinski definition) is 6. The van der Waals surface area contributed by atoms with Gasteiger partial charge in [0.1, 0.15) is 5.01 Å². The lowest BCUT2D eigenvalue weighted by atomic mass is 10.2. The molecule has 1 aromatic heterocycles. The zero-order chi connectivity index (χ0) is 13.4. The molecular weight excluding hydrogens is 246 g/mol. The molecule has 6 heteroatoms. The maximum Gasteiger partial charge on any atom is 0.205 e. The van der Waals surface area contributed by atoms with Crippen molar-refractivity contribution >= 4 is 16.5 Å². The lowest BCUT2D eigenvalue weighted by Gasteiger charge is -2.21. The van der Waals surface area contributed by atoms with E-state index < -0.39 is 0 Å². The van der Waals surface area contributed by atoms with E-state index in [2.05, 4.69) is 40.3 Å². The molecule has 5 nitrogen and oxygen atoms in total. The molecule has 0 fully saturated rings. The lowest BCUT2D eigenvalue weighted by Crippen LogP contribution is -2.28. The average molecular weight is 267 g/mol. The molecular formula is C12H21N5S. The Morgan fingerprint density at radius 1 is 1.44 bits per heavy atom. The Morgan fingerprint density at radius 3 is 2.83 bits per heavy atom. The summed E-state index contributed by atoms with van der Waals surface area (Å²) in [5.74, 6) is 0.588. The van der Waals surface area contributed by atoms with Gasteiger partial charge >= 0.3 is 0 Å². The molecule has 0 bridgehead atoms. The first-order valence-corrected chi connectivity index (χ1v) is 7.12. The third kappa shape index (κ3) is 5.43. The van der Waals surface area contributed by atoms with E-state index in [1.165, 1.54) is 0 Å². The van der Waals surface area contributed by atoms with Gasteiger partial charge in [-0.3, -0.25) is 4.90 Å². The fourth-order valence-corrected chi connectivity index (χ4v) is 2.54. The second-order valence-corrected chi connectivity index (χ2v) is 5.63. The summed E-state index contributed by atoms with van der Waals surface area (Å²) in [6.45, 7) is 9.83. The first-order valence-electron chi connectivity index (χ1n) is 6.31. The largest absolute Gasteiger partial charge is 0.360 e. The van der Waals surface area contributed by atoms with E-state index in [1.807, 2.05) is 6.92 Å². The number of nitrogens with one attached hydrogen (secondary N) is 1. The van der Waals surface area contributed by atoms with Crippen LogP contribution in [0, 0.1) is 17.2 Å². The first kappa shape index (κ1) is 14.9. The zero-order valence-electron chi connectivity index (χ0n) is 11.3. The molecule has 0 aliphatic heterocycles. The molecule has 18 heavy (non-hydrogen) atoms. The maximum absolute atomic E-state index is 8.68. The molecule has 0 aromatic carbocycles.